The fourth-order valence-electron chi connectivity index (χ4n) is 1.97. The van der Waals surface area contributed by atoms with Gasteiger partial charge in [0.1, 0.15) is 0 Å². The van der Waals surface area contributed by atoms with Gasteiger partial charge in [0.15, 0.2) is 0 Å². The van der Waals surface area contributed by atoms with Crippen LogP contribution in [0, 0.1) is 10.1 Å². The maximum absolute atomic E-state index is 11.8. The Balaban J connectivity index is 1.77. The number of hydrazone groups is 1. The highest BCUT2D eigenvalue weighted by molar-refractivity contribution is 6.30. The number of non-ortho nitro benzene ring substituents is 1. The van der Waals surface area contributed by atoms with E-state index < -0.39 is 10.8 Å². The van der Waals surface area contributed by atoms with Crippen LogP contribution >= 0.6 is 11.6 Å². The summed E-state index contributed by atoms with van der Waals surface area (Å²) in [4.78, 5) is 33.6. The van der Waals surface area contributed by atoms with E-state index in [0.29, 0.717) is 16.3 Å². The number of nitro groups is 1. The van der Waals surface area contributed by atoms with E-state index in [4.69, 9.17) is 11.6 Å². The summed E-state index contributed by atoms with van der Waals surface area (Å²) < 4.78 is 0. The van der Waals surface area contributed by atoms with Crippen molar-refractivity contribution in [1.29, 1.82) is 0 Å². The Morgan fingerprint density at radius 2 is 1.85 bits per heavy atom. The van der Waals surface area contributed by atoms with Gasteiger partial charge in [-0.1, -0.05) is 29.8 Å². The predicted molar refractivity (Wildman–Crippen MR) is 98.1 cm³/mol. The molecular weight excluding hydrogens is 360 g/mol. The molecule has 2 rings (SSSR count). The summed E-state index contributed by atoms with van der Waals surface area (Å²) in [6.45, 7) is 0. The molecular formula is C17H15ClN4O4. The van der Waals surface area contributed by atoms with Gasteiger partial charge in [-0.05, 0) is 18.2 Å². The van der Waals surface area contributed by atoms with Crippen LogP contribution in [0.15, 0.2) is 53.6 Å². The van der Waals surface area contributed by atoms with Crippen molar-refractivity contribution in [2.45, 2.75) is 12.8 Å². The van der Waals surface area contributed by atoms with E-state index in [0.717, 1.165) is 0 Å². The molecule has 8 nitrogen and oxygen atoms in total. The van der Waals surface area contributed by atoms with Crippen molar-refractivity contribution in [3.63, 3.8) is 0 Å². The van der Waals surface area contributed by atoms with Crippen LogP contribution in [0.5, 0.6) is 0 Å². The smallest absolute Gasteiger partial charge is 0.270 e. The van der Waals surface area contributed by atoms with Crippen LogP contribution in [0.1, 0.15) is 18.4 Å². The monoisotopic (exact) mass is 374 g/mol. The van der Waals surface area contributed by atoms with Gasteiger partial charge in [0.2, 0.25) is 11.8 Å². The summed E-state index contributed by atoms with van der Waals surface area (Å²) >= 11 is 5.82. The third-order valence-corrected chi connectivity index (χ3v) is 3.41. The van der Waals surface area contributed by atoms with Crippen molar-refractivity contribution in [3.8, 4) is 0 Å². The second-order valence-corrected chi connectivity index (χ2v) is 5.64. The van der Waals surface area contributed by atoms with Crippen LogP contribution in [-0.2, 0) is 9.59 Å². The van der Waals surface area contributed by atoms with Crippen molar-refractivity contribution >= 4 is 41.0 Å². The summed E-state index contributed by atoms with van der Waals surface area (Å²) in [7, 11) is 0. The molecule has 2 N–H and O–H groups in total. The molecule has 0 bridgehead atoms. The largest absolute Gasteiger partial charge is 0.326 e. The second-order valence-electron chi connectivity index (χ2n) is 5.20. The fraction of sp³-hybridized carbons (Fsp3) is 0.118. The Hall–Kier alpha value is -3.26. The van der Waals surface area contributed by atoms with E-state index in [-0.39, 0.29) is 24.4 Å². The van der Waals surface area contributed by atoms with Gasteiger partial charge in [-0.15, -0.1) is 0 Å². The minimum Gasteiger partial charge on any atom is -0.326 e. The predicted octanol–water partition coefficient (Wildman–Crippen LogP) is 3.12. The van der Waals surface area contributed by atoms with Crippen LogP contribution in [-0.4, -0.2) is 23.0 Å². The lowest BCUT2D eigenvalue weighted by molar-refractivity contribution is -0.384. The minimum atomic E-state index is -0.519. The minimum absolute atomic E-state index is 0.0231. The lowest BCUT2D eigenvalue weighted by Gasteiger charge is -2.05. The Morgan fingerprint density at radius 3 is 2.58 bits per heavy atom. The summed E-state index contributed by atoms with van der Waals surface area (Å²) in [6, 6.07) is 12.5. The summed E-state index contributed by atoms with van der Waals surface area (Å²) in [5.41, 5.74) is 3.21. The summed E-state index contributed by atoms with van der Waals surface area (Å²) in [5, 5.41) is 17.5. The Labute approximate surface area is 154 Å². The number of anilines is 1. The highest BCUT2D eigenvalue weighted by Crippen LogP contribution is 2.15. The molecule has 0 radical (unpaired) electrons. The van der Waals surface area contributed by atoms with Gasteiger partial charge in [-0.25, -0.2) is 5.43 Å². The van der Waals surface area contributed by atoms with Crippen LogP contribution in [0.2, 0.25) is 5.02 Å². The van der Waals surface area contributed by atoms with E-state index in [2.05, 4.69) is 15.8 Å². The number of benzene rings is 2. The molecule has 0 spiro atoms. The quantitative estimate of drug-likeness (QED) is 0.440. The first-order chi connectivity index (χ1) is 12.4. The van der Waals surface area contributed by atoms with Crippen LogP contribution < -0.4 is 10.7 Å². The molecule has 0 aromatic heterocycles. The van der Waals surface area contributed by atoms with Gasteiger partial charge in [0.25, 0.3) is 5.69 Å². The first-order valence-corrected chi connectivity index (χ1v) is 7.93. The van der Waals surface area contributed by atoms with Gasteiger partial charge in [0, 0.05) is 41.2 Å². The number of nitrogens with one attached hydrogen (secondary N) is 2. The van der Waals surface area contributed by atoms with Crippen molar-refractivity contribution in [2.75, 3.05) is 5.32 Å². The number of nitro benzene ring substituents is 1. The molecule has 0 saturated carbocycles. The Morgan fingerprint density at radius 1 is 1.12 bits per heavy atom. The van der Waals surface area contributed by atoms with Gasteiger partial charge in [-0.2, -0.15) is 5.10 Å². The van der Waals surface area contributed by atoms with Gasteiger partial charge in [-0.3, -0.25) is 19.7 Å². The molecule has 0 unspecified atom stereocenters. The Kier molecular flexibility index (Phi) is 6.81. The van der Waals surface area contributed by atoms with Crippen LogP contribution in [0.25, 0.3) is 0 Å². The molecule has 2 aromatic carbocycles. The molecule has 0 aliphatic rings. The van der Waals surface area contributed by atoms with E-state index in [1.54, 1.807) is 30.3 Å². The first kappa shape index (κ1) is 19.1. The molecule has 2 aromatic rings. The summed E-state index contributed by atoms with van der Waals surface area (Å²) in [6.07, 6.45) is 1.21. The van der Waals surface area contributed by atoms with Crippen molar-refractivity contribution in [3.05, 3.63) is 69.2 Å². The molecule has 26 heavy (non-hydrogen) atoms. The molecule has 134 valence electrons. The van der Waals surface area contributed by atoms with Crippen molar-refractivity contribution in [2.24, 2.45) is 5.10 Å². The van der Waals surface area contributed by atoms with Crippen LogP contribution in [0.4, 0.5) is 11.4 Å². The molecule has 0 fully saturated rings. The number of amides is 2. The topological polar surface area (TPSA) is 114 Å². The van der Waals surface area contributed by atoms with E-state index in [1.807, 2.05) is 0 Å². The molecule has 2 amide bonds. The SMILES string of the molecule is O=C(CCC(=O)Nc1cccc(Cl)c1)N/N=C\c1cccc([N+](=O)[O-])c1. The molecule has 0 atom stereocenters. The van der Waals surface area contributed by atoms with Crippen molar-refractivity contribution < 1.29 is 14.5 Å². The van der Waals surface area contributed by atoms with Crippen LogP contribution in [0.3, 0.4) is 0 Å². The number of halogens is 1. The second kappa shape index (κ2) is 9.28. The van der Waals surface area contributed by atoms with E-state index >= 15 is 0 Å². The van der Waals surface area contributed by atoms with Gasteiger partial charge < -0.3 is 5.32 Å². The van der Waals surface area contributed by atoms with E-state index in [1.165, 1.54) is 24.4 Å². The number of hydrogen-bond acceptors (Lipinski definition) is 5. The standard InChI is InChI=1S/C17H15ClN4O4/c18-13-4-2-5-14(10-13)20-16(23)7-8-17(24)21-19-11-12-3-1-6-15(9-12)22(25)26/h1-6,9-11H,7-8H2,(H,20,23)(H,21,24)/b19-11-. The molecule has 9 heteroatoms. The number of rotatable bonds is 7. The number of carbonyl (C=O) groups is 2. The van der Waals surface area contributed by atoms with Crippen molar-refractivity contribution in [1.82, 2.24) is 5.43 Å². The maximum Gasteiger partial charge on any atom is 0.270 e. The highest BCUT2D eigenvalue weighted by Gasteiger charge is 2.07. The number of hydrogen-bond donors (Lipinski definition) is 2. The molecule has 0 aliphatic heterocycles. The third kappa shape index (κ3) is 6.33. The zero-order valence-electron chi connectivity index (χ0n) is 13.5. The van der Waals surface area contributed by atoms with Gasteiger partial charge >= 0.3 is 0 Å². The number of nitrogens with zero attached hydrogens (tertiary/aromatic N) is 2. The summed E-state index contributed by atoms with van der Waals surface area (Å²) in [5.74, 6) is -0.780. The normalized spacial score (nSPS) is 10.5. The molecule has 0 saturated heterocycles. The van der Waals surface area contributed by atoms with E-state index in [9.17, 15) is 19.7 Å². The highest BCUT2D eigenvalue weighted by atomic mass is 35.5. The van der Waals surface area contributed by atoms with Gasteiger partial charge in [0.05, 0.1) is 11.1 Å². The number of carbonyl (C=O) groups excluding carboxylic acids is 2. The average molecular weight is 375 g/mol. The Bertz CT molecular complexity index is 854. The zero-order valence-corrected chi connectivity index (χ0v) is 14.3. The lowest BCUT2D eigenvalue weighted by atomic mass is 10.2. The zero-order chi connectivity index (χ0) is 18.9. The first-order valence-electron chi connectivity index (χ1n) is 7.56. The molecule has 0 aliphatic carbocycles. The fourth-order valence-corrected chi connectivity index (χ4v) is 2.16. The maximum atomic E-state index is 11.8. The lowest BCUT2D eigenvalue weighted by Crippen LogP contribution is -2.20. The average Bonchev–Trinajstić information content (AvgIpc) is 2.60. The third-order valence-electron chi connectivity index (χ3n) is 3.17. The molecule has 0 heterocycles.